The zero-order valence-corrected chi connectivity index (χ0v) is 66.3. The van der Waals surface area contributed by atoms with Crippen LogP contribution in [-0.4, -0.2) is 237 Å². The third kappa shape index (κ3) is 28.3. The topological polar surface area (TPSA) is 501 Å². The summed E-state index contributed by atoms with van der Waals surface area (Å²) in [6.07, 6.45) is -38.8. The van der Waals surface area contributed by atoms with Gasteiger partial charge in [0.1, 0.15) is 94.5 Å². The van der Waals surface area contributed by atoms with E-state index < -0.39 is 246 Å². The van der Waals surface area contributed by atoms with Crippen LogP contribution >= 0.6 is 0 Å². The van der Waals surface area contributed by atoms with E-state index in [0.717, 1.165) is 48.5 Å². The van der Waals surface area contributed by atoms with E-state index in [2.05, 4.69) is 31.9 Å². The van der Waals surface area contributed by atoms with E-state index in [1.807, 2.05) is 0 Å². The zero-order chi connectivity index (χ0) is 86.4. The first-order valence-corrected chi connectivity index (χ1v) is 38.1. The van der Waals surface area contributed by atoms with Crippen molar-refractivity contribution < 1.29 is 158 Å². The predicted molar refractivity (Wildman–Crippen MR) is 405 cm³/mol. The van der Waals surface area contributed by atoms with Crippen molar-refractivity contribution in [3.8, 4) is 0 Å². The lowest BCUT2D eigenvalue weighted by Crippen LogP contribution is -2.71. The number of ether oxygens (including phenoxy) is 18. The van der Waals surface area contributed by atoms with Crippen molar-refractivity contribution in [3.05, 3.63) is 179 Å². The van der Waals surface area contributed by atoms with Crippen molar-refractivity contribution in [2.75, 3.05) is 26.3 Å². The Hall–Kier alpha value is -12.1. The maximum atomic E-state index is 15.1. The molecule has 4 fully saturated rings. The van der Waals surface area contributed by atoms with Crippen molar-refractivity contribution in [2.45, 2.75) is 217 Å². The molecule has 0 radical (unpaired) electrons. The Kier molecular flexibility index (Phi) is 35.0. The SMILES string of the molecule is CC(=O)OC[C@H]1O[C@@H](O[C@@H]2[C@@H](OC(C)=O)[C@H](NC(=O)[C@H](CCNC(=O)OCc3ccccc3)OC(C)=O)C[C@H](NC(=O)OCc3ccccc3)[C@H]2O[C@H]2O[C@H](CO)[C@@H](O)[C@H](OC(C)=O)[C@H]2NC(=O)OCc2ccccc2)[C@H](OC(C)=O)[C@@H]1O[C@H]1O[C@@H](CNC(=O)OCc2ccccc2)[C@@H](OC(C)=O)[C@H](OC(C)=O)[C@H]1NC(=O)OCc1ccccc1. The van der Waals surface area contributed by atoms with Crippen LogP contribution in [0.3, 0.4) is 0 Å². The molecule has 1 saturated carbocycles. The fourth-order valence-electron chi connectivity index (χ4n) is 13.4. The lowest BCUT2D eigenvalue weighted by molar-refractivity contribution is -0.316. The molecule has 39 heteroatoms. The van der Waals surface area contributed by atoms with Gasteiger partial charge < -0.3 is 127 Å². The van der Waals surface area contributed by atoms with Crippen molar-refractivity contribution >= 4 is 78.2 Å². The van der Waals surface area contributed by atoms with Crippen LogP contribution in [0.1, 0.15) is 89.1 Å². The zero-order valence-electron chi connectivity index (χ0n) is 66.3. The standard InChI is InChI=1S/C81H96N6O33/c1-44(89)103-43-61-68(119-75-63(87-81(102)108-42-55-31-21-12-22-32-55)70(113-49(6)94)67(111-47(4)92)59(115-75)36-83-78(99)105-39-52-25-15-9-16-26-52)72(114-50(7)95)76(117-61)120-71-65(110-46(3)91)56(84-73(97)58(109-45(2)90)33-34-82-77(98)104-38-51-23-13-8-14-24-51)35-57(85-79(100)106-40-53-27-17-10-18-28-53)66(71)118-74-62(69(112-48(5)93)64(96)60(37-88)116-74)86-80(101)107-41-54-29-19-11-20-30-54/h8-32,56-72,74-76,88,96H,33-43H2,1-7H3,(H,82,98)(H,83,99)(H,84,97)(H,85,100)(H,86,101)(H,87,102)/t56-,57+,58+,59+,60-,61-,62-,63-,64-,65+,66-,67-,68-,69-,70-,71-,72-,74-,75-,76+/m1/s1. The lowest BCUT2D eigenvalue weighted by Gasteiger charge is -2.50. The third-order valence-electron chi connectivity index (χ3n) is 18.5. The smallest absolute Gasteiger partial charge is 0.407 e. The molecule has 8 N–H and O–H groups in total. The predicted octanol–water partition coefficient (Wildman–Crippen LogP) is 3.84. The first-order valence-electron chi connectivity index (χ1n) is 38.1. The number of aliphatic hydroxyl groups excluding tert-OH is 2. The molecule has 648 valence electrons. The Morgan fingerprint density at radius 3 is 1.19 bits per heavy atom. The van der Waals surface area contributed by atoms with Gasteiger partial charge in [-0.2, -0.15) is 0 Å². The van der Waals surface area contributed by atoms with E-state index >= 15 is 4.79 Å². The first-order chi connectivity index (χ1) is 57.6. The Balaban J connectivity index is 1.18. The molecule has 3 aliphatic heterocycles. The van der Waals surface area contributed by atoms with Crippen LogP contribution in [-0.2, 0) is 157 Å². The number of amides is 6. The highest BCUT2D eigenvalue weighted by molar-refractivity contribution is 5.84. The lowest BCUT2D eigenvalue weighted by atomic mass is 9.82. The summed E-state index contributed by atoms with van der Waals surface area (Å²) in [6.45, 7) is 2.17. The molecular weight excluding hydrogens is 1580 g/mol. The summed E-state index contributed by atoms with van der Waals surface area (Å²) in [7, 11) is 0. The summed E-state index contributed by atoms with van der Waals surface area (Å²) in [5, 5.41) is 38.3. The van der Waals surface area contributed by atoms with Crippen LogP contribution in [0.15, 0.2) is 152 Å². The number of alkyl carbamates (subject to hydrolysis) is 5. The number of carbonyl (C=O) groups is 13. The quantitative estimate of drug-likeness (QED) is 0.0211. The number of rotatable bonds is 35. The molecule has 3 saturated heterocycles. The molecule has 120 heavy (non-hydrogen) atoms. The minimum atomic E-state index is -2.27. The van der Waals surface area contributed by atoms with Gasteiger partial charge in [-0.1, -0.05) is 152 Å². The molecule has 5 aromatic carbocycles. The Morgan fingerprint density at radius 1 is 0.367 bits per heavy atom. The molecule has 5 aromatic rings. The average molecular weight is 1680 g/mol. The van der Waals surface area contributed by atoms with Gasteiger partial charge in [0.15, 0.2) is 55.5 Å². The van der Waals surface area contributed by atoms with Gasteiger partial charge in [-0.25, -0.2) is 24.0 Å². The highest BCUT2D eigenvalue weighted by atomic mass is 16.8. The molecule has 3 heterocycles. The monoisotopic (exact) mass is 1680 g/mol. The van der Waals surface area contributed by atoms with Gasteiger partial charge in [0.05, 0.1) is 25.2 Å². The fourth-order valence-corrected chi connectivity index (χ4v) is 13.4. The van der Waals surface area contributed by atoms with Gasteiger partial charge in [-0.05, 0) is 34.2 Å². The third-order valence-corrected chi connectivity index (χ3v) is 18.5. The van der Waals surface area contributed by atoms with Gasteiger partial charge in [0.25, 0.3) is 5.91 Å². The highest BCUT2D eigenvalue weighted by Gasteiger charge is 2.60. The Labute approximate surface area is 687 Å². The summed E-state index contributed by atoms with van der Waals surface area (Å²) >= 11 is 0. The fraction of sp³-hybridized carbons (Fsp3) is 0.469. The Bertz CT molecular complexity index is 4240. The molecule has 0 aromatic heterocycles. The van der Waals surface area contributed by atoms with Crippen LogP contribution in [0.2, 0.25) is 0 Å². The van der Waals surface area contributed by atoms with Crippen LogP contribution in [0.4, 0.5) is 24.0 Å². The summed E-state index contributed by atoms with van der Waals surface area (Å²) in [5.74, 6) is -8.55. The van der Waals surface area contributed by atoms with Gasteiger partial charge >= 0.3 is 72.3 Å². The van der Waals surface area contributed by atoms with Crippen LogP contribution in [0.25, 0.3) is 0 Å². The summed E-state index contributed by atoms with van der Waals surface area (Å²) in [4.78, 5) is 179. The maximum absolute atomic E-state index is 15.1. The molecule has 20 atom stereocenters. The minimum absolute atomic E-state index is 0.160. The molecule has 4 aliphatic rings. The number of benzene rings is 5. The number of esters is 7. The van der Waals surface area contributed by atoms with Gasteiger partial charge in [0, 0.05) is 61.4 Å². The molecule has 0 spiro atoms. The van der Waals surface area contributed by atoms with Crippen LogP contribution in [0.5, 0.6) is 0 Å². The average Bonchev–Trinajstić information content (AvgIpc) is 1.76. The summed E-state index contributed by atoms with van der Waals surface area (Å²) < 4.78 is 109. The van der Waals surface area contributed by atoms with E-state index in [1.54, 1.807) is 152 Å². The van der Waals surface area contributed by atoms with E-state index in [-0.39, 0.29) is 26.4 Å². The number of aliphatic hydroxyl groups is 2. The van der Waals surface area contributed by atoms with E-state index in [1.165, 1.54) is 0 Å². The van der Waals surface area contributed by atoms with Crippen molar-refractivity contribution in [1.82, 2.24) is 31.9 Å². The molecule has 0 bridgehead atoms. The van der Waals surface area contributed by atoms with Gasteiger partial charge in [0.2, 0.25) is 0 Å². The molecule has 6 amide bonds. The summed E-state index contributed by atoms with van der Waals surface area (Å²) in [5.41, 5.74) is 2.65. The number of nitrogens with one attached hydrogen (secondary N) is 6. The van der Waals surface area contributed by atoms with Crippen LogP contribution in [0, 0.1) is 0 Å². The first kappa shape index (κ1) is 91.8. The molecule has 0 unspecified atom stereocenters. The highest BCUT2D eigenvalue weighted by Crippen LogP contribution is 2.39. The molecule has 1 aliphatic carbocycles. The van der Waals surface area contributed by atoms with Gasteiger partial charge in [-0.15, -0.1) is 0 Å². The van der Waals surface area contributed by atoms with E-state index in [4.69, 9.17) is 85.3 Å². The number of hydrogen-bond donors (Lipinski definition) is 8. The normalized spacial score (nSPS) is 25.7. The molecule has 39 nitrogen and oxygen atoms in total. The van der Waals surface area contributed by atoms with Gasteiger partial charge in [-0.3, -0.25) is 38.4 Å². The second-order valence-electron chi connectivity index (χ2n) is 27.7. The Morgan fingerprint density at radius 2 is 0.742 bits per heavy atom. The largest absolute Gasteiger partial charge is 0.463 e. The number of hydrogen-bond acceptors (Lipinski definition) is 33. The van der Waals surface area contributed by atoms with Crippen molar-refractivity contribution in [3.63, 3.8) is 0 Å². The van der Waals surface area contributed by atoms with E-state index in [9.17, 15) is 67.7 Å². The second-order valence-corrected chi connectivity index (χ2v) is 27.7. The molecular formula is C81H96N6O33. The van der Waals surface area contributed by atoms with Crippen molar-refractivity contribution in [2.24, 2.45) is 0 Å². The molecule has 9 rings (SSSR count). The van der Waals surface area contributed by atoms with Crippen LogP contribution < -0.4 is 31.9 Å². The summed E-state index contributed by atoms with van der Waals surface area (Å²) in [6, 6.07) is 34.5. The second kappa shape index (κ2) is 45.7. The van der Waals surface area contributed by atoms with Crippen molar-refractivity contribution in [1.29, 1.82) is 0 Å². The number of carbonyl (C=O) groups excluding carboxylic acids is 13. The minimum Gasteiger partial charge on any atom is -0.463 e. The van der Waals surface area contributed by atoms with E-state index in [0.29, 0.717) is 27.8 Å². The maximum Gasteiger partial charge on any atom is 0.407 e.